The number of nitrogens with zero attached hydrogens (tertiary/aromatic N) is 1. The first kappa shape index (κ1) is 19.3. The summed E-state index contributed by atoms with van der Waals surface area (Å²) in [6.07, 6.45) is 0. The number of aryl methyl sites for hydroxylation is 2. The van der Waals surface area contributed by atoms with Crippen molar-refractivity contribution in [2.75, 3.05) is 5.32 Å². The Labute approximate surface area is 164 Å². The van der Waals surface area contributed by atoms with Gasteiger partial charge in [0.15, 0.2) is 0 Å². The molecular formula is C23H23N3O2. The minimum absolute atomic E-state index is 0.198. The summed E-state index contributed by atoms with van der Waals surface area (Å²) in [5, 5.41) is 5.71. The molecule has 28 heavy (non-hydrogen) atoms. The van der Waals surface area contributed by atoms with E-state index in [9.17, 15) is 9.59 Å². The van der Waals surface area contributed by atoms with E-state index in [1.54, 1.807) is 18.2 Å². The lowest BCUT2D eigenvalue weighted by atomic mass is 10.1. The van der Waals surface area contributed by atoms with Gasteiger partial charge in [0.2, 0.25) is 0 Å². The molecule has 1 aromatic heterocycles. The maximum absolute atomic E-state index is 12.6. The average molecular weight is 373 g/mol. The van der Waals surface area contributed by atoms with Gasteiger partial charge in [-0.1, -0.05) is 48.0 Å². The van der Waals surface area contributed by atoms with Gasteiger partial charge in [0, 0.05) is 12.2 Å². The summed E-state index contributed by atoms with van der Waals surface area (Å²) in [5.41, 5.74) is 5.39. The lowest BCUT2D eigenvalue weighted by Gasteiger charge is -2.11. The third-order valence-corrected chi connectivity index (χ3v) is 4.60. The number of pyridine rings is 1. The first-order valence-corrected chi connectivity index (χ1v) is 9.12. The third-order valence-electron chi connectivity index (χ3n) is 4.60. The Balaban J connectivity index is 1.69. The smallest absolute Gasteiger partial charge is 0.274 e. The molecule has 2 amide bonds. The molecule has 0 radical (unpaired) electrons. The monoisotopic (exact) mass is 373 g/mol. The summed E-state index contributed by atoms with van der Waals surface area (Å²) < 4.78 is 0. The number of aromatic nitrogens is 1. The van der Waals surface area contributed by atoms with Gasteiger partial charge < -0.3 is 10.6 Å². The van der Waals surface area contributed by atoms with Crippen molar-refractivity contribution < 1.29 is 9.59 Å². The second-order valence-electron chi connectivity index (χ2n) is 6.78. The van der Waals surface area contributed by atoms with E-state index in [-0.39, 0.29) is 23.2 Å². The minimum Gasteiger partial charge on any atom is -0.347 e. The largest absolute Gasteiger partial charge is 0.347 e. The molecule has 0 spiro atoms. The van der Waals surface area contributed by atoms with E-state index >= 15 is 0 Å². The Bertz CT molecular complexity index is 1030. The van der Waals surface area contributed by atoms with Gasteiger partial charge in [-0.15, -0.1) is 0 Å². The number of hydrogen-bond acceptors (Lipinski definition) is 3. The van der Waals surface area contributed by atoms with Gasteiger partial charge in [-0.2, -0.15) is 0 Å². The molecule has 0 aliphatic heterocycles. The summed E-state index contributed by atoms with van der Waals surface area (Å²) in [7, 11) is 0. The third kappa shape index (κ3) is 4.62. The molecule has 0 saturated carbocycles. The van der Waals surface area contributed by atoms with Crippen LogP contribution in [0.25, 0.3) is 0 Å². The number of benzene rings is 2. The second kappa shape index (κ2) is 8.48. The fraction of sp³-hybridized carbons (Fsp3) is 0.174. The van der Waals surface area contributed by atoms with Gasteiger partial charge in [-0.25, -0.2) is 4.98 Å². The molecule has 142 valence electrons. The van der Waals surface area contributed by atoms with Crippen molar-refractivity contribution in [3.05, 3.63) is 94.3 Å². The molecule has 3 aromatic rings. The van der Waals surface area contributed by atoms with Crippen molar-refractivity contribution in [2.24, 2.45) is 0 Å². The Kier molecular flexibility index (Phi) is 5.84. The average Bonchev–Trinajstić information content (AvgIpc) is 2.70. The van der Waals surface area contributed by atoms with E-state index in [0.717, 1.165) is 27.9 Å². The number of carbonyl (C=O) groups is 2. The highest BCUT2D eigenvalue weighted by Gasteiger charge is 2.13. The predicted molar refractivity (Wildman–Crippen MR) is 110 cm³/mol. The van der Waals surface area contributed by atoms with Crippen LogP contribution in [0.15, 0.2) is 60.7 Å². The van der Waals surface area contributed by atoms with E-state index in [2.05, 4.69) is 15.6 Å². The number of carbonyl (C=O) groups excluding carboxylic acids is 2. The SMILES string of the molecule is Cc1cccc(CNC(=O)c2cccc(C(=O)Nc3cccc(C)c3C)n2)c1. The molecule has 1 heterocycles. The molecule has 2 aromatic carbocycles. The number of hydrogen-bond donors (Lipinski definition) is 2. The fourth-order valence-electron chi connectivity index (χ4n) is 2.86. The molecule has 5 heteroatoms. The Morgan fingerprint density at radius 1 is 0.857 bits per heavy atom. The van der Waals surface area contributed by atoms with Crippen LogP contribution in [-0.4, -0.2) is 16.8 Å². The number of anilines is 1. The van der Waals surface area contributed by atoms with Crippen molar-refractivity contribution in [3.8, 4) is 0 Å². The van der Waals surface area contributed by atoms with Crippen LogP contribution in [0.3, 0.4) is 0 Å². The zero-order valence-electron chi connectivity index (χ0n) is 16.2. The van der Waals surface area contributed by atoms with Crippen molar-refractivity contribution in [1.82, 2.24) is 10.3 Å². The van der Waals surface area contributed by atoms with Gasteiger partial charge in [0.1, 0.15) is 11.4 Å². The zero-order valence-corrected chi connectivity index (χ0v) is 16.2. The van der Waals surface area contributed by atoms with E-state index in [4.69, 9.17) is 0 Å². The van der Waals surface area contributed by atoms with Crippen LogP contribution < -0.4 is 10.6 Å². The summed E-state index contributed by atoms with van der Waals surface area (Å²) in [6.45, 7) is 6.35. The molecule has 3 rings (SSSR count). The Hall–Kier alpha value is -3.47. The van der Waals surface area contributed by atoms with Crippen molar-refractivity contribution >= 4 is 17.5 Å². The lowest BCUT2D eigenvalue weighted by Crippen LogP contribution is -2.25. The first-order chi connectivity index (χ1) is 13.4. The van der Waals surface area contributed by atoms with Crippen molar-refractivity contribution in [3.63, 3.8) is 0 Å². The highest BCUT2D eigenvalue weighted by Crippen LogP contribution is 2.18. The number of nitrogens with one attached hydrogen (secondary N) is 2. The van der Waals surface area contributed by atoms with Crippen LogP contribution in [0.2, 0.25) is 0 Å². The molecule has 5 nitrogen and oxygen atoms in total. The normalized spacial score (nSPS) is 10.4. The molecule has 0 bridgehead atoms. The predicted octanol–water partition coefficient (Wildman–Crippen LogP) is 4.19. The molecule has 0 aliphatic rings. The van der Waals surface area contributed by atoms with Gasteiger partial charge in [-0.3, -0.25) is 9.59 Å². The second-order valence-corrected chi connectivity index (χ2v) is 6.78. The van der Waals surface area contributed by atoms with Gasteiger partial charge in [0.05, 0.1) is 0 Å². The highest BCUT2D eigenvalue weighted by molar-refractivity contribution is 6.04. The summed E-state index contributed by atoms with van der Waals surface area (Å²) in [5.74, 6) is -0.662. The fourth-order valence-corrected chi connectivity index (χ4v) is 2.86. The number of amides is 2. The van der Waals surface area contributed by atoms with E-state index < -0.39 is 0 Å². The standard InChI is InChI=1S/C23H23N3O2/c1-15-7-4-9-18(13-15)14-24-22(27)20-11-6-12-21(25-20)23(28)26-19-10-5-8-16(2)17(19)3/h4-13H,14H2,1-3H3,(H,24,27)(H,26,28). The quantitative estimate of drug-likeness (QED) is 0.704. The minimum atomic E-state index is -0.345. The molecule has 0 unspecified atom stereocenters. The van der Waals surface area contributed by atoms with Gasteiger partial charge in [-0.05, 0) is 55.7 Å². The van der Waals surface area contributed by atoms with Crippen LogP contribution in [0.4, 0.5) is 5.69 Å². The van der Waals surface area contributed by atoms with E-state index in [0.29, 0.717) is 6.54 Å². The molecule has 0 aliphatic carbocycles. The summed E-state index contributed by atoms with van der Waals surface area (Å²) >= 11 is 0. The van der Waals surface area contributed by atoms with Gasteiger partial charge >= 0.3 is 0 Å². The van der Waals surface area contributed by atoms with Crippen LogP contribution in [0, 0.1) is 20.8 Å². The summed E-state index contributed by atoms with van der Waals surface area (Å²) in [4.78, 5) is 29.2. The van der Waals surface area contributed by atoms with E-state index in [1.165, 1.54) is 0 Å². The Morgan fingerprint density at radius 2 is 1.54 bits per heavy atom. The van der Waals surface area contributed by atoms with Crippen LogP contribution in [0.1, 0.15) is 43.2 Å². The highest BCUT2D eigenvalue weighted by atomic mass is 16.2. The van der Waals surface area contributed by atoms with E-state index in [1.807, 2.05) is 63.2 Å². The first-order valence-electron chi connectivity index (χ1n) is 9.12. The molecule has 0 fully saturated rings. The maximum atomic E-state index is 12.6. The molecule has 2 N–H and O–H groups in total. The van der Waals surface area contributed by atoms with Crippen molar-refractivity contribution in [1.29, 1.82) is 0 Å². The van der Waals surface area contributed by atoms with Gasteiger partial charge in [0.25, 0.3) is 11.8 Å². The number of rotatable bonds is 5. The molecular weight excluding hydrogens is 350 g/mol. The lowest BCUT2D eigenvalue weighted by molar-refractivity contribution is 0.0945. The topological polar surface area (TPSA) is 71.1 Å². The zero-order chi connectivity index (χ0) is 20.1. The summed E-state index contributed by atoms with van der Waals surface area (Å²) in [6, 6.07) is 18.5. The van der Waals surface area contributed by atoms with Crippen LogP contribution in [0.5, 0.6) is 0 Å². The van der Waals surface area contributed by atoms with Crippen molar-refractivity contribution in [2.45, 2.75) is 27.3 Å². The Morgan fingerprint density at radius 3 is 2.29 bits per heavy atom. The maximum Gasteiger partial charge on any atom is 0.274 e. The molecule has 0 saturated heterocycles. The van der Waals surface area contributed by atoms with Crippen LogP contribution in [-0.2, 0) is 6.54 Å². The molecule has 0 atom stereocenters. The van der Waals surface area contributed by atoms with Crippen LogP contribution >= 0.6 is 0 Å².